The van der Waals surface area contributed by atoms with Crippen LogP contribution in [0.2, 0.25) is 0 Å². The highest BCUT2D eigenvalue weighted by Crippen LogP contribution is 2.27. The maximum Gasteiger partial charge on any atom is 0.406 e. The van der Waals surface area contributed by atoms with Gasteiger partial charge in [0, 0.05) is 12.3 Å². The molecule has 0 saturated carbocycles. The fraction of sp³-hybridized carbons (Fsp3) is 0.500. The van der Waals surface area contributed by atoms with Crippen molar-refractivity contribution in [2.45, 2.75) is 36.6 Å². The number of halogens is 5. The van der Waals surface area contributed by atoms with Crippen LogP contribution in [0.1, 0.15) is 6.42 Å². The molecular weight excluding hydrogens is 368 g/mol. The van der Waals surface area contributed by atoms with Crippen LogP contribution in [-0.4, -0.2) is 46.1 Å². The summed E-state index contributed by atoms with van der Waals surface area (Å²) >= 11 is 5.98. The molecule has 1 N–H and O–H groups in total. The van der Waals surface area contributed by atoms with Crippen LogP contribution in [0.25, 0.3) is 0 Å². The highest BCUT2D eigenvalue weighted by Gasteiger charge is 2.41. The lowest BCUT2D eigenvalue weighted by Crippen LogP contribution is -2.41. The monoisotopic (exact) mass is 380 g/mol. The normalized spacial score (nSPS) is 24.1. The molecule has 0 radical (unpaired) electrons. The van der Waals surface area contributed by atoms with Gasteiger partial charge in [0.15, 0.2) is 5.82 Å². The number of carbonyl (C=O) groups excluding carboxylic acids is 1. The summed E-state index contributed by atoms with van der Waals surface area (Å²) in [6.45, 7) is -1.68. The van der Waals surface area contributed by atoms with Gasteiger partial charge in [-0.3, -0.25) is 14.5 Å². The quantitative estimate of drug-likeness (QED) is 0.639. The van der Waals surface area contributed by atoms with E-state index in [0.717, 1.165) is 0 Å². The van der Waals surface area contributed by atoms with E-state index in [2.05, 4.69) is 5.32 Å². The summed E-state index contributed by atoms with van der Waals surface area (Å²) in [7, 11) is 1.51. The number of likely N-dealkylation sites (tertiary alicyclic amines) is 1. The summed E-state index contributed by atoms with van der Waals surface area (Å²) in [5.41, 5.74) is -1.75. The molecule has 1 saturated heterocycles. The molecular formula is C14H13ClF4N4O2. The third-order valence-electron chi connectivity index (χ3n) is 3.82. The lowest BCUT2D eigenvalue weighted by molar-refractivity contribution is -0.141. The van der Waals surface area contributed by atoms with Crippen molar-refractivity contribution in [2.24, 2.45) is 0 Å². The molecule has 1 aromatic rings. The Bertz CT molecular complexity index is 774. The van der Waals surface area contributed by atoms with Crippen molar-refractivity contribution in [2.75, 3.05) is 12.4 Å². The summed E-state index contributed by atoms with van der Waals surface area (Å²) in [6.07, 6.45) is -3.87. The molecule has 1 aliphatic heterocycles. The van der Waals surface area contributed by atoms with E-state index in [-0.39, 0.29) is 16.7 Å². The molecule has 1 aliphatic rings. The Morgan fingerprint density at radius 1 is 1.52 bits per heavy atom. The fourth-order valence-electron chi connectivity index (χ4n) is 2.63. The number of pyridine rings is 1. The topological polar surface area (TPSA) is 78.1 Å². The lowest BCUT2D eigenvalue weighted by atomic mass is 10.2. The van der Waals surface area contributed by atoms with E-state index in [9.17, 15) is 27.2 Å². The van der Waals surface area contributed by atoms with Crippen LogP contribution in [0.5, 0.6) is 0 Å². The molecule has 2 heterocycles. The van der Waals surface area contributed by atoms with Gasteiger partial charge in [-0.25, -0.2) is 4.39 Å². The number of alkyl halides is 4. The van der Waals surface area contributed by atoms with E-state index in [4.69, 9.17) is 16.9 Å². The zero-order valence-corrected chi connectivity index (χ0v) is 13.6. The van der Waals surface area contributed by atoms with Gasteiger partial charge in [-0.2, -0.15) is 18.4 Å². The largest absolute Gasteiger partial charge is 0.406 e. The van der Waals surface area contributed by atoms with Gasteiger partial charge < -0.3 is 9.88 Å². The fourth-order valence-corrected chi connectivity index (χ4v) is 3.03. The first-order valence-electron chi connectivity index (χ1n) is 7.06. The number of hydrogen-bond donors (Lipinski definition) is 1. The average Bonchev–Trinajstić information content (AvgIpc) is 2.77. The van der Waals surface area contributed by atoms with E-state index < -0.39 is 47.5 Å². The molecule has 0 bridgehead atoms. The summed E-state index contributed by atoms with van der Waals surface area (Å²) in [5, 5.41) is 10.7. The third-order valence-corrected chi connectivity index (χ3v) is 4.23. The van der Waals surface area contributed by atoms with Gasteiger partial charge in [0.25, 0.3) is 5.56 Å². The highest BCUT2D eigenvalue weighted by atomic mass is 35.5. The van der Waals surface area contributed by atoms with Gasteiger partial charge in [0.2, 0.25) is 5.91 Å². The number of carbonyl (C=O) groups is 1. The number of nitrogens with zero attached hydrogens (tertiary/aromatic N) is 3. The van der Waals surface area contributed by atoms with Crippen LogP contribution >= 0.6 is 11.6 Å². The van der Waals surface area contributed by atoms with E-state index >= 15 is 0 Å². The number of nitrogens with one attached hydrogen (secondary N) is 1. The minimum atomic E-state index is -4.73. The van der Waals surface area contributed by atoms with Gasteiger partial charge in [0.05, 0.1) is 23.2 Å². The summed E-state index contributed by atoms with van der Waals surface area (Å²) < 4.78 is 51.0. The first-order valence-corrected chi connectivity index (χ1v) is 7.50. The Balaban J connectivity index is 2.22. The Morgan fingerprint density at radius 3 is 2.68 bits per heavy atom. The van der Waals surface area contributed by atoms with E-state index in [1.807, 2.05) is 6.07 Å². The molecule has 1 fully saturated rings. The predicted octanol–water partition coefficient (Wildman–Crippen LogP) is 1.69. The SMILES string of the molecule is CN1C(C(=O)Nc2cc(F)c(=O)n(CC(F)(F)F)c2)CC(Cl)C1C#N. The number of amides is 1. The van der Waals surface area contributed by atoms with Crippen molar-refractivity contribution in [3.63, 3.8) is 0 Å². The van der Waals surface area contributed by atoms with Crippen LogP contribution in [0.4, 0.5) is 23.2 Å². The van der Waals surface area contributed by atoms with Crippen molar-refractivity contribution in [1.82, 2.24) is 9.47 Å². The number of anilines is 1. The molecule has 11 heteroatoms. The van der Waals surface area contributed by atoms with Crippen molar-refractivity contribution in [3.05, 3.63) is 28.4 Å². The van der Waals surface area contributed by atoms with Gasteiger partial charge in [-0.15, -0.1) is 11.6 Å². The molecule has 136 valence electrons. The smallest absolute Gasteiger partial charge is 0.323 e. The van der Waals surface area contributed by atoms with Crippen molar-refractivity contribution >= 4 is 23.2 Å². The van der Waals surface area contributed by atoms with E-state index in [1.54, 1.807) is 0 Å². The molecule has 0 aromatic carbocycles. The molecule has 1 aromatic heterocycles. The van der Waals surface area contributed by atoms with Crippen LogP contribution in [0.3, 0.4) is 0 Å². The number of hydrogen-bond acceptors (Lipinski definition) is 4. The van der Waals surface area contributed by atoms with Gasteiger partial charge >= 0.3 is 6.18 Å². The average molecular weight is 381 g/mol. The van der Waals surface area contributed by atoms with Crippen LogP contribution in [-0.2, 0) is 11.3 Å². The van der Waals surface area contributed by atoms with E-state index in [1.165, 1.54) is 11.9 Å². The van der Waals surface area contributed by atoms with Crippen LogP contribution < -0.4 is 10.9 Å². The van der Waals surface area contributed by atoms with Crippen molar-refractivity contribution < 1.29 is 22.4 Å². The zero-order valence-electron chi connectivity index (χ0n) is 12.8. The standard InChI is InChI=1S/C14H13ClF4N4O2/c1-22-10(3-8(15)11(22)4-20)12(24)21-7-2-9(16)13(25)23(5-7)6-14(17,18)19/h2,5,8,10-11H,3,6H2,1H3,(H,21,24). The number of aromatic nitrogens is 1. The molecule has 1 amide bonds. The molecule has 3 unspecified atom stereocenters. The van der Waals surface area contributed by atoms with Crippen molar-refractivity contribution in [3.8, 4) is 6.07 Å². The summed E-state index contributed by atoms with van der Waals surface area (Å²) in [5.74, 6) is -2.09. The maximum absolute atomic E-state index is 13.6. The Hall–Kier alpha value is -2.12. The summed E-state index contributed by atoms with van der Waals surface area (Å²) in [6, 6.07) is 1.08. The molecule has 2 rings (SSSR count). The second-order valence-electron chi connectivity index (χ2n) is 5.62. The van der Waals surface area contributed by atoms with E-state index in [0.29, 0.717) is 12.3 Å². The Labute approximate surface area is 144 Å². The molecule has 6 nitrogen and oxygen atoms in total. The number of rotatable bonds is 3. The second-order valence-corrected chi connectivity index (χ2v) is 6.18. The van der Waals surface area contributed by atoms with Gasteiger partial charge in [-0.1, -0.05) is 0 Å². The van der Waals surface area contributed by atoms with Crippen LogP contribution in [0.15, 0.2) is 17.1 Å². The Morgan fingerprint density at radius 2 is 2.16 bits per heavy atom. The predicted molar refractivity (Wildman–Crippen MR) is 80.6 cm³/mol. The third kappa shape index (κ3) is 4.29. The molecule has 25 heavy (non-hydrogen) atoms. The highest BCUT2D eigenvalue weighted by molar-refractivity contribution is 6.22. The van der Waals surface area contributed by atoms with Crippen LogP contribution in [0, 0.1) is 17.1 Å². The lowest BCUT2D eigenvalue weighted by Gasteiger charge is -2.21. The van der Waals surface area contributed by atoms with Crippen molar-refractivity contribution in [1.29, 1.82) is 5.26 Å². The number of nitriles is 1. The minimum Gasteiger partial charge on any atom is -0.323 e. The molecule has 0 aliphatic carbocycles. The Kier molecular flexibility index (Phi) is 5.39. The first kappa shape index (κ1) is 19.2. The van der Waals surface area contributed by atoms with Gasteiger partial charge in [0.1, 0.15) is 12.6 Å². The second kappa shape index (κ2) is 7.01. The van der Waals surface area contributed by atoms with Gasteiger partial charge in [-0.05, 0) is 13.5 Å². The number of likely N-dealkylation sites (N-methyl/N-ethyl adjacent to an activating group) is 1. The zero-order chi connectivity index (χ0) is 18.9. The minimum absolute atomic E-state index is 0.131. The molecule has 3 atom stereocenters. The first-order chi connectivity index (χ1) is 11.5. The maximum atomic E-state index is 13.6. The molecule has 0 spiro atoms. The summed E-state index contributed by atoms with van der Waals surface area (Å²) in [4.78, 5) is 25.1.